The van der Waals surface area contributed by atoms with Gasteiger partial charge in [-0.3, -0.25) is 0 Å². The molecule has 0 amide bonds. The second kappa shape index (κ2) is 5.20. The van der Waals surface area contributed by atoms with E-state index in [1.54, 1.807) is 0 Å². The van der Waals surface area contributed by atoms with E-state index in [1.165, 1.54) is 5.56 Å². The van der Waals surface area contributed by atoms with Crippen LogP contribution in [0.2, 0.25) is 0 Å². The van der Waals surface area contributed by atoms with E-state index in [9.17, 15) is 0 Å². The van der Waals surface area contributed by atoms with Gasteiger partial charge in [0.25, 0.3) is 0 Å². The third-order valence-electron chi connectivity index (χ3n) is 4.02. The van der Waals surface area contributed by atoms with E-state index in [-0.39, 0.29) is 0 Å². The minimum atomic E-state index is 0.526. The molecule has 0 saturated carbocycles. The molecular weight excluding hydrogens is 226 g/mol. The molecule has 0 aliphatic carbocycles. The molecule has 2 N–H and O–H groups in total. The Hall–Kier alpha value is -1.20. The molecule has 1 aromatic rings. The fraction of sp³-hybridized carbons (Fsp3) is 0.692. The molecule has 1 aliphatic rings. The number of aromatic nitrogens is 2. The van der Waals surface area contributed by atoms with Crippen LogP contribution in [0.25, 0.3) is 0 Å². The van der Waals surface area contributed by atoms with Gasteiger partial charge in [-0.15, -0.1) is 5.10 Å². The summed E-state index contributed by atoms with van der Waals surface area (Å²) in [5, 5.41) is 8.62. The van der Waals surface area contributed by atoms with Crippen molar-refractivity contribution in [3.05, 3.63) is 16.8 Å². The summed E-state index contributed by atoms with van der Waals surface area (Å²) in [6.45, 7) is 9.86. The molecule has 5 nitrogen and oxygen atoms in total. The molecule has 100 valence electrons. The van der Waals surface area contributed by atoms with Crippen LogP contribution in [0.5, 0.6) is 0 Å². The fourth-order valence-corrected chi connectivity index (χ4v) is 2.38. The Morgan fingerprint density at radius 2 is 2.00 bits per heavy atom. The monoisotopic (exact) mass is 249 g/mol. The first-order chi connectivity index (χ1) is 8.54. The van der Waals surface area contributed by atoms with Crippen molar-refractivity contribution in [3.63, 3.8) is 0 Å². The van der Waals surface area contributed by atoms with Crippen LogP contribution in [-0.4, -0.2) is 47.8 Å². The average Bonchev–Trinajstić information content (AvgIpc) is 2.36. The predicted octanol–water partition coefficient (Wildman–Crippen LogP) is 0.692. The van der Waals surface area contributed by atoms with Gasteiger partial charge in [0.15, 0.2) is 5.82 Å². The van der Waals surface area contributed by atoms with E-state index in [1.807, 2.05) is 6.92 Å². The lowest BCUT2D eigenvalue weighted by Gasteiger charge is -2.39. The highest BCUT2D eigenvalue weighted by Crippen LogP contribution is 2.23. The zero-order valence-electron chi connectivity index (χ0n) is 11.8. The van der Waals surface area contributed by atoms with Crippen LogP contribution in [0.1, 0.15) is 23.7 Å². The number of likely N-dealkylation sites (N-methyl/N-ethyl adjacent to an activating group) is 1. The Morgan fingerprint density at radius 3 is 2.61 bits per heavy atom. The first-order valence-electron chi connectivity index (χ1n) is 6.52. The second-order valence-corrected chi connectivity index (χ2v) is 5.19. The third-order valence-corrected chi connectivity index (χ3v) is 4.02. The standard InChI is InChI=1S/C13H23N5/c1-9-8-18(6-5-17(9)4)13-12(7-14)10(2)11(3)15-16-13/h9H,5-8,14H2,1-4H3. The van der Waals surface area contributed by atoms with Gasteiger partial charge in [0.2, 0.25) is 0 Å². The summed E-state index contributed by atoms with van der Waals surface area (Å²) in [7, 11) is 2.16. The van der Waals surface area contributed by atoms with Crippen molar-refractivity contribution in [2.45, 2.75) is 33.4 Å². The lowest BCUT2D eigenvalue weighted by atomic mass is 10.1. The van der Waals surface area contributed by atoms with Crippen LogP contribution >= 0.6 is 0 Å². The largest absolute Gasteiger partial charge is 0.352 e. The zero-order chi connectivity index (χ0) is 13.3. The van der Waals surface area contributed by atoms with E-state index >= 15 is 0 Å². The number of nitrogens with zero attached hydrogens (tertiary/aromatic N) is 4. The highest BCUT2D eigenvalue weighted by atomic mass is 15.3. The molecule has 0 radical (unpaired) electrons. The van der Waals surface area contributed by atoms with E-state index < -0.39 is 0 Å². The Labute approximate surface area is 109 Å². The summed E-state index contributed by atoms with van der Waals surface area (Å²) < 4.78 is 0. The van der Waals surface area contributed by atoms with E-state index in [0.717, 1.165) is 36.7 Å². The quantitative estimate of drug-likeness (QED) is 0.836. The molecule has 0 aromatic carbocycles. The number of rotatable bonds is 2. The lowest BCUT2D eigenvalue weighted by Crippen LogP contribution is -2.50. The minimum absolute atomic E-state index is 0.526. The maximum absolute atomic E-state index is 5.88. The fourth-order valence-electron chi connectivity index (χ4n) is 2.38. The van der Waals surface area contributed by atoms with Crippen molar-refractivity contribution in [2.24, 2.45) is 5.73 Å². The molecule has 18 heavy (non-hydrogen) atoms. The van der Waals surface area contributed by atoms with Gasteiger partial charge in [0.1, 0.15) is 0 Å². The SMILES string of the molecule is Cc1nnc(N2CCN(C)C(C)C2)c(CN)c1C. The number of hydrogen-bond acceptors (Lipinski definition) is 5. The molecule has 1 saturated heterocycles. The van der Waals surface area contributed by atoms with Crippen LogP contribution in [0, 0.1) is 13.8 Å². The lowest BCUT2D eigenvalue weighted by molar-refractivity contribution is 0.233. The van der Waals surface area contributed by atoms with Crippen molar-refractivity contribution in [3.8, 4) is 0 Å². The Bertz CT molecular complexity index is 432. The maximum atomic E-state index is 5.88. The van der Waals surface area contributed by atoms with Gasteiger partial charge >= 0.3 is 0 Å². The molecule has 0 bridgehead atoms. The molecule has 1 fully saturated rings. The number of nitrogens with two attached hydrogens (primary N) is 1. The smallest absolute Gasteiger partial charge is 0.156 e. The molecule has 5 heteroatoms. The maximum Gasteiger partial charge on any atom is 0.156 e. The van der Waals surface area contributed by atoms with Crippen LogP contribution in [0.3, 0.4) is 0 Å². The molecular formula is C13H23N5. The van der Waals surface area contributed by atoms with Gasteiger partial charge in [-0.05, 0) is 33.4 Å². The molecule has 1 aliphatic heterocycles. The highest BCUT2D eigenvalue weighted by molar-refractivity contribution is 5.51. The van der Waals surface area contributed by atoms with E-state index in [4.69, 9.17) is 5.73 Å². The van der Waals surface area contributed by atoms with Gasteiger partial charge in [-0.2, -0.15) is 5.10 Å². The van der Waals surface area contributed by atoms with Crippen LogP contribution < -0.4 is 10.6 Å². The van der Waals surface area contributed by atoms with Crippen molar-refractivity contribution >= 4 is 5.82 Å². The van der Waals surface area contributed by atoms with Gasteiger partial charge < -0.3 is 15.5 Å². The van der Waals surface area contributed by atoms with Gasteiger partial charge in [0.05, 0.1) is 5.69 Å². The number of hydrogen-bond donors (Lipinski definition) is 1. The first kappa shape index (κ1) is 13.2. The predicted molar refractivity (Wildman–Crippen MR) is 73.7 cm³/mol. The van der Waals surface area contributed by atoms with E-state index in [0.29, 0.717) is 12.6 Å². The first-order valence-corrected chi connectivity index (χ1v) is 6.52. The molecule has 1 aromatic heterocycles. The van der Waals surface area contributed by atoms with Crippen molar-refractivity contribution in [1.82, 2.24) is 15.1 Å². The summed E-state index contributed by atoms with van der Waals surface area (Å²) in [6, 6.07) is 0.535. The average molecular weight is 249 g/mol. The molecule has 2 rings (SSSR count). The van der Waals surface area contributed by atoms with Crippen molar-refractivity contribution in [1.29, 1.82) is 0 Å². The number of anilines is 1. The summed E-state index contributed by atoms with van der Waals surface area (Å²) in [5.74, 6) is 0.973. The number of aryl methyl sites for hydroxylation is 1. The zero-order valence-corrected chi connectivity index (χ0v) is 11.8. The highest BCUT2D eigenvalue weighted by Gasteiger charge is 2.24. The normalized spacial score (nSPS) is 21.4. The van der Waals surface area contributed by atoms with Crippen LogP contribution in [0.15, 0.2) is 0 Å². The number of piperazine rings is 1. The van der Waals surface area contributed by atoms with Crippen LogP contribution in [-0.2, 0) is 6.54 Å². The molecule has 1 atom stereocenters. The topological polar surface area (TPSA) is 58.3 Å². The molecule has 1 unspecified atom stereocenters. The summed E-state index contributed by atoms with van der Waals surface area (Å²) in [4.78, 5) is 4.68. The Balaban J connectivity index is 2.31. The summed E-state index contributed by atoms with van der Waals surface area (Å²) >= 11 is 0. The van der Waals surface area contributed by atoms with Gasteiger partial charge in [-0.1, -0.05) is 0 Å². The van der Waals surface area contributed by atoms with Gasteiger partial charge in [0, 0.05) is 37.8 Å². The van der Waals surface area contributed by atoms with Crippen LogP contribution in [0.4, 0.5) is 5.82 Å². The summed E-state index contributed by atoms with van der Waals surface area (Å²) in [6.07, 6.45) is 0. The third kappa shape index (κ3) is 2.33. The second-order valence-electron chi connectivity index (χ2n) is 5.19. The van der Waals surface area contributed by atoms with Gasteiger partial charge in [-0.25, -0.2) is 0 Å². The minimum Gasteiger partial charge on any atom is -0.352 e. The Morgan fingerprint density at radius 1 is 1.28 bits per heavy atom. The molecule has 0 spiro atoms. The molecule has 2 heterocycles. The summed E-state index contributed by atoms with van der Waals surface area (Å²) in [5.41, 5.74) is 9.17. The van der Waals surface area contributed by atoms with Crippen molar-refractivity contribution in [2.75, 3.05) is 31.6 Å². The Kier molecular flexibility index (Phi) is 3.82. The van der Waals surface area contributed by atoms with Crippen molar-refractivity contribution < 1.29 is 0 Å². The van der Waals surface area contributed by atoms with E-state index in [2.05, 4.69) is 40.9 Å².